The van der Waals surface area contributed by atoms with Crippen molar-refractivity contribution < 1.29 is 4.79 Å². The van der Waals surface area contributed by atoms with E-state index in [1.165, 1.54) is 16.0 Å². The Labute approximate surface area is 129 Å². The number of thiophene rings is 1. The first kappa shape index (κ1) is 14.1. The van der Waals surface area contributed by atoms with Crippen LogP contribution in [0.1, 0.15) is 28.5 Å². The highest BCUT2D eigenvalue weighted by Crippen LogP contribution is 2.24. The Morgan fingerprint density at radius 2 is 2.10 bits per heavy atom. The molecule has 2 heterocycles. The molecule has 1 aliphatic rings. The highest BCUT2D eigenvalue weighted by Gasteiger charge is 2.19. The average Bonchev–Trinajstić information content (AvgIpc) is 3.00. The SMILES string of the molecule is CCc1ccc(/C=C/C(=O)N2CCc3sccc3C2)cc1. The number of hydrogen-bond acceptors (Lipinski definition) is 2. The first-order valence-corrected chi connectivity index (χ1v) is 8.25. The van der Waals surface area contributed by atoms with E-state index in [1.54, 1.807) is 17.4 Å². The lowest BCUT2D eigenvalue weighted by Crippen LogP contribution is -2.34. The zero-order valence-electron chi connectivity index (χ0n) is 12.2. The van der Waals surface area contributed by atoms with E-state index < -0.39 is 0 Å². The molecule has 0 saturated heterocycles. The molecule has 0 unspecified atom stereocenters. The smallest absolute Gasteiger partial charge is 0.246 e. The maximum atomic E-state index is 12.3. The summed E-state index contributed by atoms with van der Waals surface area (Å²) in [6.07, 6.45) is 5.63. The molecule has 1 aliphatic heterocycles. The van der Waals surface area contributed by atoms with Crippen LogP contribution in [0.4, 0.5) is 0 Å². The molecule has 0 spiro atoms. The fraction of sp³-hybridized carbons (Fsp3) is 0.278. The molecule has 108 valence electrons. The largest absolute Gasteiger partial charge is 0.334 e. The maximum Gasteiger partial charge on any atom is 0.246 e. The fourth-order valence-electron chi connectivity index (χ4n) is 2.57. The van der Waals surface area contributed by atoms with Crippen LogP contribution < -0.4 is 0 Å². The van der Waals surface area contributed by atoms with Crippen LogP contribution in [0.15, 0.2) is 41.8 Å². The normalized spacial score (nSPS) is 14.4. The van der Waals surface area contributed by atoms with Gasteiger partial charge in [-0.1, -0.05) is 31.2 Å². The lowest BCUT2D eigenvalue weighted by atomic mass is 10.1. The lowest BCUT2D eigenvalue weighted by Gasteiger charge is -2.25. The molecule has 0 aliphatic carbocycles. The number of amides is 1. The van der Waals surface area contributed by atoms with Gasteiger partial charge in [-0.15, -0.1) is 11.3 Å². The number of carbonyl (C=O) groups excluding carboxylic acids is 1. The third-order valence-corrected chi connectivity index (χ3v) is 4.95. The number of nitrogens with zero attached hydrogens (tertiary/aromatic N) is 1. The molecule has 0 bridgehead atoms. The Bertz CT molecular complexity index is 654. The minimum absolute atomic E-state index is 0.103. The molecule has 2 aromatic rings. The number of fused-ring (bicyclic) bond motifs is 1. The molecule has 1 aromatic heterocycles. The molecule has 3 heteroatoms. The highest BCUT2D eigenvalue weighted by molar-refractivity contribution is 7.10. The van der Waals surface area contributed by atoms with Gasteiger partial charge >= 0.3 is 0 Å². The van der Waals surface area contributed by atoms with Crippen LogP contribution >= 0.6 is 11.3 Å². The Morgan fingerprint density at radius 3 is 2.86 bits per heavy atom. The van der Waals surface area contributed by atoms with Crippen LogP contribution in [-0.4, -0.2) is 17.4 Å². The number of benzene rings is 1. The molecule has 0 N–H and O–H groups in total. The first-order chi connectivity index (χ1) is 10.3. The van der Waals surface area contributed by atoms with Crippen molar-refractivity contribution in [3.8, 4) is 0 Å². The van der Waals surface area contributed by atoms with Crippen molar-refractivity contribution in [3.05, 3.63) is 63.4 Å². The summed E-state index contributed by atoms with van der Waals surface area (Å²) in [6.45, 7) is 3.71. The molecule has 0 radical (unpaired) electrons. The van der Waals surface area contributed by atoms with Crippen LogP contribution in [0.2, 0.25) is 0 Å². The number of aryl methyl sites for hydroxylation is 1. The second-order valence-corrected chi connectivity index (χ2v) is 6.31. The first-order valence-electron chi connectivity index (χ1n) is 7.37. The Kier molecular flexibility index (Phi) is 4.20. The fourth-order valence-corrected chi connectivity index (χ4v) is 3.46. The van der Waals surface area contributed by atoms with Crippen LogP contribution in [0.3, 0.4) is 0 Å². The van der Waals surface area contributed by atoms with E-state index >= 15 is 0 Å². The molecular formula is C18H19NOS. The maximum absolute atomic E-state index is 12.3. The van der Waals surface area contributed by atoms with Crippen LogP contribution in [-0.2, 0) is 24.2 Å². The summed E-state index contributed by atoms with van der Waals surface area (Å²) in [5, 5.41) is 2.11. The summed E-state index contributed by atoms with van der Waals surface area (Å²) >= 11 is 1.80. The number of hydrogen-bond donors (Lipinski definition) is 0. The van der Waals surface area contributed by atoms with Gasteiger partial charge in [0.1, 0.15) is 0 Å². The summed E-state index contributed by atoms with van der Waals surface area (Å²) in [4.78, 5) is 15.6. The Balaban J connectivity index is 1.64. The van der Waals surface area contributed by atoms with Crippen molar-refractivity contribution in [2.75, 3.05) is 6.54 Å². The van der Waals surface area contributed by atoms with Crippen molar-refractivity contribution in [3.63, 3.8) is 0 Å². The van der Waals surface area contributed by atoms with E-state index in [1.807, 2.05) is 11.0 Å². The van der Waals surface area contributed by atoms with Gasteiger partial charge in [-0.05, 0) is 47.1 Å². The van der Waals surface area contributed by atoms with E-state index in [-0.39, 0.29) is 5.91 Å². The molecular weight excluding hydrogens is 278 g/mol. The van der Waals surface area contributed by atoms with Crippen molar-refractivity contribution in [2.45, 2.75) is 26.3 Å². The molecule has 0 fully saturated rings. The van der Waals surface area contributed by atoms with Gasteiger partial charge in [0, 0.05) is 24.0 Å². The molecule has 0 atom stereocenters. The van der Waals surface area contributed by atoms with E-state index in [9.17, 15) is 4.79 Å². The van der Waals surface area contributed by atoms with Crippen molar-refractivity contribution in [1.29, 1.82) is 0 Å². The van der Waals surface area contributed by atoms with E-state index in [0.717, 1.165) is 31.5 Å². The van der Waals surface area contributed by atoms with Gasteiger partial charge in [0.25, 0.3) is 0 Å². The number of carbonyl (C=O) groups is 1. The lowest BCUT2D eigenvalue weighted by molar-refractivity contribution is -0.126. The summed E-state index contributed by atoms with van der Waals surface area (Å²) in [6, 6.07) is 10.5. The summed E-state index contributed by atoms with van der Waals surface area (Å²) in [5.74, 6) is 0.103. The second kappa shape index (κ2) is 6.27. The third kappa shape index (κ3) is 3.24. The molecule has 3 rings (SSSR count). The van der Waals surface area contributed by atoms with E-state index in [0.29, 0.717) is 0 Å². The molecule has 21 heavy (non-hydrogen) atoms. The monoisotopic (exact) mass is 297 g/mol. The van der Waals surface area contributed by atoms with Gasteiger partial charge < -0.3 is 4.90 Å². The topological polar surface area (TPSA) is 20.3 Å². The highest BCUT2D eigenvalue weighted by atomic mass is 32.1. The summed E-state index contributed by atoms with van der Waals surface area (Å²) in [5.41, 5.74) is 3.70. The molecule has 1 aromatic carbocycles. The van der Waals surface area contributed by atoms with Crippen LogP contribution in [0.5, 0.6) is 0 Å². The van der Waals surface area contributed by atoms with Crippen molar-refractivity contribution in [2.24, 2.45) is 0 Å². The predicted molar refractivity (Wildman–Crippen MR) is 88.3 cm³/mol. The molecule has 1 amide bonds. The average molecular weight is 297 g/mol. The van der Waals surface area contributed by atoms with Gasteiger partial charge in [-0.2, -0.15) is 0 Å². The number of rotatable bonds is 3. The summed E-state index contributed by atoms with van der Waals surface area (Å²) in [7, 11) is 0. The Morgan fingerprint density at radius 1 is 1.29 bits per heavy atom. The van der Waals surface area contributed by atoms with Crippen molar-refractivity contribution in [1.82, 2.24) is 4.90 Å². The van der Waals surface area contributed by atoms with Gasteiger partial charge in [0.05, 0.1) is 0 Å². The zero-order chi connectivity index (χ0) is 14.7. The van der Waals surface area contributed by atoms with Crippen LogP contribution in [0, 0.1) is 0 Å². The van der Waals surface area contributed by atoms with Gasteiger partial charge in [0.2, 0.25) is 5.91 Å². The quantitative estimate of drug-likeness (QED) is 0.787. The minimum Gasteiger partial charge on any atom is -0.334 e. The minimum atomic E-state index is 0.103. The molecule has 0 saturated carbocycles. The van der Waals surface area contributed by atoms with E-state index in [2.05, 4.69) is 42.6 Å². The van der Waals surface area contributed by atoms with Crippen LogP contribution in [0.25, 0.3) is 6.08 Å². The predicted octanol–water partition coefficient (Wildman–Crippen LogP) is 3.91. The van der Waals surface area contributed by atoms with Gasteiger partial charge in [-0.3, -0.25) is 4.79 Å². The van der Waals surface area contributed by atoms with Gasteiger partial charge in [-0.25, -0.2) is 0 Å². The third-order valence-electron chi connectivity index (χ3n) is 3.93. The van der Waals surface area contributed by atoms with Gasteiger partial charge in [0.15, 0.2) is 0 Å². The Hall–Kier alpha value is -1.87. The second-order valence-electron chi connectivity index (χ2n) is 5.31. The zero-order valence-corrected chi connectivity index (χ0v) is 13.0. The standard InChI is InChI=1S/C18H19NOS/c1-2-14-3-5-15(6-4-14)7-8-18(20)19-11-9-17-16(13-19)10-12-21-17/h3-8,10,12H,2,9,11,13H2,1H3/b8-7+. The molecule has 2 nitrogen and oxygen atoms in total. The summed E-state index contributed by atoms with van der Waals surface area (Å²) < 4.78 is 0. The van der Waals surface area contributed by atoms with Crippen molar-refractivity contribution >= 4 is 23.3 Å². The van der Waals surface area contributed by atoms with E-state index in [4.69, 9.17) is 0 Å².